The zero-order valence-electron chi connectivity index (χ0n) is 18.3. The summed E-state index contributed by atoms with van der Waals surface area (Å²) >= 11 is 5.66. The fourth-order valence-electron chi connectivity index (χ4n) is 4.56. The molecule has 0 amide bonds. The third-order valence-corrected chi connectivity index (χ3v) is 6.24. The second-order valence-electron chi connectivity index (χ2n) is 8.34. The van der Waals surface area contributed by atoms with Crippen molar-refractivity contribution < 1.29 is 13.2 Å². The summed E-state index contributed by atoms with van der Waals surface area (Å²) in [6.07, 6.45) is -2.64. The Bertz CT molecular complexity index is 1140. The Kier molecular flexibility index (Phi) is 5.75. The van der Waals surface area contributed by atoms with Gasteiger partial charge in [0.1, 0.15) is 0 Å². The molecule has 2 aromatic heterocycles. The molecule has 2 unspecified atom stereocenters. The molecule has 1 aromatic carbocycles. The summed E-state index contributed by atoms with van der Waals surface area (Å²) in [4.78, 5) is 6.69. The molecule has 0 bridgehead atoms. The maximum Gasteiger partial charge on any atom is 0.416 e. The van der Waals surface area contributed by atoms with Crippen LogP contribution in [0.25, 0.3) is 5.69 Å². The van der Waals surface area contributed by atoms with Gasteiger partial charge in [0.25, 0.3) is 0 Å². The van der Waals surface area contributed by atoms with Crippen LogP contribution >= 0.6 is 12.2 Å². The van der Waals surface area contributed by atoms with E-state index in [1.807, 2.05) is 42.7 Å². The van der Waals surface area contributed by atoms with Crippen LogP contribution in [-0.2, 0) is 6.18 Å². The minimum Gasteiger partial charge on any atom is -0.352 e. The number of rotatable bonds is 4. The van der Waals surface area contributed by atoms with Crippen LogP contribution in [-0.4, -0.2) is 25.6 Å². The van der Waals surface area contributed by atoms with Gasteiger partial charge < -0.3 is 14.8 Å². The smallest absolute Gasteiger partial charge is 0.352 e. The lowest BCUT2D eigenvalue weighted by molar-refractivity contribution is -0.137. The zero-order chi connectivity index (χ0) is 23.2. The van der Waals surface area contributed by atoms with E-state index < -0.39 is 11.7 Å². The molecule has 8 heteroatoms. The Morgan fingerprint density at radius 2 is 1.81 bits per heavy atom. The van der Waals surface area contributed by atoms with E-state index in [1.54, 1.807) is 12.3 Å². The number of hydrogen-bond acceptors (Lipinski definition) is 2. The van der Waals surface area contributed by atoms with E-state index in [0.717, 1.165) is 28.7 Å². The quantitative estimate of drug-likeness (QED) is 0.495. The Labute approximate surface area is 191 Å². The van der Waals surface area contributed by atoms with Crippen LogP contribution in [0.4, 0.5) is 13.2 Å². The number of alkyl halides is 3. The largest absolute Gasteiger partial charge is 0.416 e. The number of aromatic nitrogens is 2. The number of halogens is 3. The van der Waals surface area contributed by atoms with Crippen molar-refractivity contribution >= 4 is 17.3 Å². The van der Waals surface area contributed by atoms with Gasteiger partial charge in [0.05, 0.1) is 23.3 Å². The summed E-state index contributed by atoms with van der Waals surface area (Å²) in [6, 6.07) is 13.1. The lowest BCUT2D eigenvalue weighted by Crippen LogP contribution is -2.35. The summed E-state index contributed by atoms with van der Waals surface area (Å²) in [7, 11) is 0. The minimum absolute atomic E-state index is 0.130. The number of nitrogens with one attached hydrogen (secondary N) is 1. The first-order chi connectivity index (χ1) is 15.1. The maximum absolute atomic E-state index is 13.3. The average Bonchev–Trinajstić information content (AvgIpc) is 3.23. The number of aryl methyl sites for hydroxylation is 1. The first-order valence-corrected chi connectivity index (χ1v) is 10.9. The third-order valence-electron chi connectivity index (χ3n) is 5.91. The second-order valence-corrected chi connectivity index (χ2v) is 8.72. The molecule has 4 nitrogen and oxygen atoms in total. The molecule has 3 heterocycles. The molecule has 0 spiro atoms. The fourth-order valence-corrected chi connectivity index (χ4v) is 5.01. The highest BCUT2D eigenvalue weighted by molar-refractivity contribution is 7.80. The Morgan fingerprint density at radius 3 is 2.44 bits per heavy atom. The van der Waals surface area contributed by atoms with E-state index in [0.29, 0.717) is 10.8 Å². The molecule has 1 aliphatic heterocycles. The monoisotopic (exact) mass is 458 g/mol. The van der Waals surface area contributed by atoms with Gasteiger partial charge in [-0.05, 0) is 81.9 Å². The lowest BCUT2D eigenvalue weighted by Gasteiger charge is -2.31. The van der Waals surface area contributed by atoms with Gasteiger partial charge in [-0.1, -0.05) is 12.1 Å². The summed E-state index contributed by atoms with van der Waals surface area (Å²) in [5, 5.41) is 4.05. The summed E-state index contributed by atoms with van der Waals surface area (Å²) in [5.74, 6) is 0. The molecule has 168 valence electrons. The standard InChI is InChI=1S/C24H25F3N4S/c1-14(2)30-22(21(29-23(30)32)20-10-5-6-11-28-20)19-12-15(3)31(16(19)4)18-9-7-8-17(13-18)24(25,26)27/h5-14,21-22H,1-4H3,(H,29,32). The van der Waals surface area contributed by atoms with Crippen molar-refractivity contribution in [1.82, 2.24) is 19.8 Å². The highest BCUT2D eigenvalue weighted by Gasteiger charge is 2.42. The van der Waals surface area contributed by atoms with Crippen LogP contribution in [0.1, 0.15) is 54.1 Å². The van der Waals surface area contributed by atoms with Gasteiger partial charge in [0, 0.05) is 29.3 Å². The number of pyridine rings is 1. The highest BCUT2D eigenvalue weighted by Crippen LogP contribution is 2.42. The first-order valence-electron chi connectivity index (χ1n) is 10.5. The van der Waals surface area contributed by atoms with E-state index in [1.165, 1.54) is 12.1 Å². The number of thiocarbonyl (C=S) groups is 1. The van der Waals surface area contributed by atoms with Gasteiger partial charge >= 0.3 is 6.18 Å². The number of benzene rings is 1. The molecule has 1 aliphatic rings. The molecule has 0 saturated carbocycles. The maximum atomic E-state index is 13.3. The Morgan fingerprint density at radius 1 is 1.06 bits per heavy atom. The van der Waals surface area contributed by atoms with Crippen LogP contribution in [0.15, 0.2) is 54.7 Å². The van der Waals surface area contributed by atoms with Crippen molar-refractivity contribution in [3.63, 3.8) is 0 Å². The van der Waals surface area contributed by atoms with Crippen LogP contribution < -0.4 is 5.32 Å². The highest BCUT2D eigenvalue weighted by atomic mass is 32.1. The van der Waals surface area contributed by atoms with E-state index in [4.69, 9.17) is 12.2 Å². The molecule has 1 N–H and O–H groups in total. The van der Waals surface area contributed by atoms with Gasteiger partial charge in [-0.15, -0.1) is 0 Å². The minimum atomic E-state index is -4.39. The summed E-state index contributed by atoms with van der Waals surface area (Å²) in [6.45, 7) is 8.01. The van der Waals surface area contributed by atoms with Crippen molar-refractivity contribution in [1.29, 1.82) is 0 Å². The fraction of sp³-hybridized carbons (Fsp3) is 0.333. The zero-order valence-corrected chi connectivity index (χ0v) is 19.1. The Balaban J connectivity index is 1.85. The van der Waals surface area contributed by atoms with Crippen LogP contribution in [0.2, 0.25) is 0 Å². The predicted octanol–water partition coefficient (Wildman–Crippen LogP) is 5.89. The van der Waals surface area contributed by atoms with Gasteiger partial charge in [-0.3, -0.25) is 4.98 Å². The molecule has 1 saturated heterocycles. The number of nitrogens with zero attached hydrogens (tertiary/aromatic N) is 3. The first kappa shape index (κ1) is 22.3. The average molecular weight is 459 g/mol. The molecule has 2 atom stereocenters. The molecule has 32 heavy (non-hydrogen) atoms. The van der Waals surface area contributed by atoms with E-state index in [9.17, 15) is 13.2 Å². The van der Waals surface area contributed by atoms with Crippen molar-refractivity contribution in [2.24, 2.45) is 0 Å². The molecule has 1 fully saturated rings. The summed E-state index contributed by atoms with van der Waals surface area (Å²) in [5.41, 5.74) is 3.44. The van der Waals surface area contributed by atoms with Crippen molar-refractivity contribution in [3.05, 3.63) is 82.9 Å². The van der Waals surface area contributed by atoms with Gasteiger partial charge in [-0.2, -0.15) is 13.2 Å². The van der Waals surface area contributed by atoms with Crippen LogP contribution in [0.5, 0.6) is 0 Å². The van der Waals surface area contributed by atoms with Crippen LogP contribution in [0, 0.1) is 13.8 Å². The van der Waals surface area contributed by atoms with Crippen LogP contribution in [0.3, 0.4) is 0 Å². The van der Waals surface area contributed by atoms with Gasteiger partial charge in [0.2, 0.25) is 0 Å². The topological polar surface area (TPSA) is 33.1 Å². The predicted molar refractivity (Wildman–Crippen MR) is 123 cm³/mol. The summed E-state index contributed by atoms with van der Waals surface area (Å²) < 4.78 is 41.8. The van der Waals surface area contributed by atoms with Crippen molar-refractivity contribution in [2.75, 3.05) is 0 Å². The Hall–Kier alpha value is -2.87. The molecule has 3 aromatic rings. The molecule has 0 radical (unpaired) electrons. The van der Waals surface area contributed by atoms with Gasteiger partial charge in [0.15, 0.2) is 5.11 Å². The third kappa shape index (κ3) is 3.88. The van der Waals surface area contributed by atoms with Crippen molar-refractivity contribution in [3.8, 4) is 5.69 Å². The molecule has 4 rings (SSSR count). The molecular weight excluding hydrogens is 433 g/mol. The number of hydrogen-bond donors (Lipinski definition) is 1. The van der Waals surface area contributed by atoms with Gasteiger partial charge in [-0.25, -0.2) is 0 Å². The van der Waals surface area contributed by atoms with E-state index >= 15 is 0 Å². The van der Waals surface area contributed by atoms with Crippen molar-refractivity contribution in [2.45, 2.75) is 52.0 Å². The van der Waals surface area contributed by atoms with E-state index in [-0.39, 0.29) is 18.1 Å². The van der Waals surface area contributed by atoms with E-state index in [2.05, 4.69) is 29.0 Å². The normalized spacial score (nSPS) is 19.0. The molecule has 0 aliphatic carbocycles. The SMILES string of the molecule is Cc1cc(C2C(c3ccccn3)NC(=S)N2C(C)C)c(C)n1-c1cccc(C(F)(F)F)c1. The lowest BCUT2D eigenvalue weighted by atomic mass is 9.96. The second kappa shape index (κ2) is 8.24. The molecular formula is C24H25F3N4S.